The fourth-order valence-electron chi connectivity index (χ4n) is 2.89. The highest BCUT2D eigenvalue weighted by atomic mass is 32.2. The molecule has 0 aliphatic heterocycles. The van der Waals surface area contributed by atoms with Crippen molar-refractivity contribution in [3.05, 3.63) is 47.2 Å². The second-order valence-electron chi connectivity index (χ2n) is 7.20. The summed E-state index contributed by atoms with van der Waals surface area (Å²) in [5.74, 6) is 0.999. The van der Waals surface area contributed by atoms with Gasteiger partial charge in [-0.3, -0.25) is 9.36 Å². The molecular weight excluding hydrogens is 416 g/mol. The van der Waals surface area contributed by atoms with Crippen LogP contribution in [0.15, 0.2) is 34.7 Å². The van der Waals surface area contributed by atoms with Crippen LogP contribution in [-0.4, -0.2) is 33.0 Å². The molecule has 2 aromatic heterocycles. The number of nitrogens with zero attached hydrogens (tertiary/aromatic N) is 4. The minimum absolute atomic E-state index is 0.182. The Morgan fingerprint density at radius 2 is 2.00 bits per heavy atom. The third-order valence-corrected chi connectivity index (χ3v) is 6.51. The maximum Gasteiger partial charge on any atom is 0.235 e. The lowest BCUT2D eigenvalue weighted by atomic mass is 10.2. The zero-order chi connectivity index (χ0) is 21.7. The molecule has 0 saturated carbocycles. The van der Waals surface area contributed by atoms with Crippen LogP contribution in [0.3, 0.4) is 0 Å². The number of nitrogens with one attached hydrogen (secondary N) is 2. The Hall–Kier alpha value is -2.83. The van der Waals surface area contributed by atoms with Crippen LogP contribution in [0.25, 0.3) is 5.69 Å². The Labute approximate surface area is 184 Å². The molecular formula is C21H24N6OS2. The van der Waals surface area contributed by atoms with E-state index in [1.165, 1.54) is 23.1 Å². The molecule has 2 N–H and O–H groups in total. The van der Waals surface area contributed by atoms with E-state index in [-0.39, 0.29) is 11.7 Å². The number of para-hydroxylation sites is 1. The maximum atomic E-state index is 12.7. The van der Waals surface area contributed by atoms with Crippen molar-refractivity contribution in [2.45, 2.75) is 32.0 Å². The van der Waals surface area contributed by atoms with Crippen LogP contribution < -0.4 is 10.6 Å². The zero-order valence-corrected chi connectivity index (χ0v) is 19.0. The van der Waals surface area contributed by atoms with Crippen molar-refractivity contribution in [1.82, 2.24) is 14.8 Å². The van der Waals surface area contributed by atoms with Gasteiger partial charge in [0.1, 0.15) is 11.9 Å². The van der Waals surface area contributed by atoms with E-state index in [2.05, 4.69) is 40.7 Å². The van der Waals surface area contributed by atoms with Gasteiger partial charge >= 0.3 is 0 Å². The maximum absolute atomic E-state index is 12.7. The van der Waals surface area contributed by atoms with E-state index in [1.807, 2.05) is 48.7 Å². The Morgan fingerprint density at radius 3 is 2.67 bits per heavy atom. The van der Waals surface area contributed by atoms with E-state index in [0.29, 0.717) is 17.3 Å². The number of amides is 1. The van der Waals surface area contributed by atoms with Crippen molar-refractivity contribution in [2.24, 2.45) is 5.92 Å². The number of hydrogen-bond acceptors (Lipinski definition) is 7. The first-order valence-corrected chi connectivity index (χ1v) is 11.4. The molecule has 9 heteroatoms. The molecule has 0 fully saturated rings. The number of rotatable bonds is 8. The first kappa shape index (κ1) is 21.9. The Morgan fingerprint density at radius 1 is 1.27 bits per heavy atom. The average molecular weight is 441 g/mol. The highest BCUT2D eigenvalue weighted by Gasteiger charge is 2.21. The van der Waals surface area contributed by atoms with Crippen LogP contribution >= 0.6 is 23.1 Å². The van der Waals surface area contributed by atoms with Gasteiger partial charge < -0.3 is 10.6 Å². The standard InChI is InChI=1S/C21H24N6OS2/c1-13(2)11-23-20-25-26-21(30-20)29-12-18(28)24-19-17(10-22)14(3)15(4)27(19)16-8-6-5-7-9-16/h5-9,13H,11-12H2,1-4H3,(H,23,25)(H,24,28). The predicted molar refractivity (Wildman–Crippen MR) is 123 cm³/mol. The van der Waals surface area contributed by atoms with Crippen LogP contribution in [0.2, 0.25) is 0 Å². The van der Waals surface area contributed by atoms with Gasteiger partial charge in [-0.1, -0.05) is 55.1 Å². The van der Waals surface area contributed by atoms with Gasteiger partial charge in [-0.05, 0) is 37.5 Å². The molecule has 7 nitrogen and oxygen atoms in total. The molecule has 156 valence electrons. The third-order valence-electron chi connectivity index (χ3n) is 4.49. The lowest BCUT2D eigenvalue weighted by Crippen LogP contribution is -2.17. The molecule has 1 aromatic carbocycles. The summed E-state index contributed by atoms with van der Waals surface area (Å²) < 4.78 is 2.64. The third kappa shape index (κ3) is 5.01. The summed E-state index contributed by atoms with van der Waals surface area (Å²) in [4.78, 5) is 12.7. The van der Waals surface area contributed by atoms with Crippen molar-refractivity contribution in [3.63, 3.8) is 0 Å². The summed E-state index contributed by atoms with van der Waals surface area (Å²) in [6.45, 7) is 8.91. The fraction of sp³-hybridized carbons (Fsp3) is 0.333. The lowest BCUT2D eigenvalue weighted by molar-refractivity contribution is -0.113. The van der Waals surface area contributed by atoms with Crippen molar-refractivity contribution in [1.29, 1.82) is 5.26 Å². The molecule has 0 saturated heterocycles. The van der Waals surface area contributed by atoms with Crippen molar-refractivity contribution < 1.29 is 4.79 Å². The summed E-state index contributed by atoms with van der Waals surface area (Å²) in [5, 5.41) is 24.8. The number of aromatic nitrogens is 3. The lowest BCUT2D eigenvalue weighted by Gasteiger charge is -2.13. The minimum atomic E-state index is -0.196. The molecule has 0 bridgehead atoms. The molecule has 0 aliphatic carbocycles. The number of carbonyl (C=O) groups is 1. The average Bonchev–Trinajstić information content (AvgIpc) is 3.28. The smallest absolute Gasteiger partial charge is 0.235 e. The number of carbonyl (C=O) groups excluding carboxylic acids is 1. The molecule has 0 radical (unpaired) electrons. The highest BCUT2D eigenvalue weighted by Crippen LogP contribution is 2.31. The summed E-state index contributed by atoms with van der Waals surface area (Å²) in [6, 6.07) is 11.9. The molecule has 0 aliphatic rings. The van der Waals surface area contributed by atoms with E-state index in [0.717, 1.165) is 33.0 Å². The second kappa shape index (κ2) is 9.78. The summed E-state index contributed by atoms with van der Waals surface area (Å²) in [7, 11) is 0. The molecule has 0 atom stereocenters. The van der Waals surface area contributed by atoms with E-state index in [4.69, 9.17) is 0 Å². The topological polar surface area (TPSA) is 95.6 Å². The van der Waals surface area contributed by atoms with Gasteiger partial charge in [-0.2, -0.15) is 5.26 Å². The SMILES string of the molecule is Cc1c(C#N)c(NC(=O)CSc2nnc(NCC(C)C)s2)n(-c2ccccc2)c1C. The summed E-state index contributed by atoms with van der Waals surface area (Å²) in [6.07, 6.45) is 0. The molecule has 0 unspecified atom stereocenters. The van der Waals surface area contributed by atoms with Crippen LogP contribution in [0.1, 0.15) is 30.7 Å². The van der Waals surface area contributed by atoms with Gasteiger partial charge in [-0.15, -0.1) is 10.2 Å². The van der Waals surface area contributed by atoms with Gasteiger partial charge in [0.05, 0.1) is 11.3 Å². The Kier molecular flexibility index (Phi) is 7.13. The van der Waals surface area contributed by atoms with E-state index in [1.54, 1.807) is 0 Å². The van der Waals surface area contributed by atoms with Gasteiger partial charge in [0, 0.05) is 17.9 Å². The Bertz CT molecular complexity index is 1070. The Balaban J connectivity index is 1.73. The van der Waals surface area contributed by atoms with Crippen molar-refractivity contribution in [3.8, 4) is 11.8 Å². The van der Waals surface area contributed by atoms with Gasteiger partial charge in [0.2, 0.25) is 11.0 Å². The van der Waals surface area contributed by atoms with Crippen LogP contribution in [0.4, 0.5) is 10.9 Å². The van der Waals surface area contributed by atoms with Crippen molar-refractivity contribution in [2.75, 3.05) is 22.9 Å². The summed E-state index contributed by atoms with van der Waals surface area (Å²) >= 11 is 2.76. The first-order chi connectivity index (χ1) is 14.4. The van der Waals surface area contributed by atoms with Gasteiger partial charge in [0.15, 0.2) is 4.34 Å². The van der Waals surface area contributed by atoms with Crippen LogP contribution in [0, 0.1) is 31.1 Å². The molecule has 30 heavy (non-hydrogen) atoms. The number of nitriles is 1. The monoisotopic (exact) mass is 440 g/mol. The largest absolute Gasteiger partial charge is 0.360 e. The molecule has 3 aromatic rings. The minimum Gasteiger partial charge on any atom is -0.360 e. The quantitative estimate of drug-likeness (QED) is 0.496. The normalized spacial score (nSPS) is 10.8. The van der Waals surface area contributed by atoms with E-state index >= 15 is 0 Å². The first-order valence-electron chi connectivity index (χ1n) is 9.58. The molecule has 0 spiro atoms. The number of anilines is 2. The van der Waals surface area contributed by atoms with Gasteiger partial charge in [0.25, 0.3) is 0 Å². The molecule has 2 heterocycles. The molecule has 3 rings (SSSR count). The van der Waals surface area contributed by atoms with E-state index in [9.17, 15) is 10.1 Å². The van der Waals surface area contributed by atoms with Crippen LogP contribution in [0.5, 0.6) is 0 Å². The highest BCUT2D eigenvalue weighted by molar-refractivity contribution is 8.01. The summed E-state index contributed by atoms with van der Waals surface area (Å²) in [5.41, 5.74) is 3.15. The molecule has 1 amide bonds. The number of thioether (sulfide) groups is 1. The van der Waals surface area contributed by atoms with Crippen molar-refractivity contribution >= 4 is 40.0 Å². The predicted octanol–water partition coefficient (Wildman–Crippen LogP) is 4.62. The number of hydrogen-bond donors (Lipinski definition) is 2. The zero-order valence-electron chi connectivity index (χ0n) is 17.4. The van der Waals surface area contributed by atoms with Crippen LogP contribution in [-0.2, 0) is 4.79 Å². The number of benzene rings is 1. The van der Waals surface area contributed by atoms with Gasteiger partial charge in [-0.25, -0.2) is 0 Å². The fourth-order valence-corrected chi connectivity index (χ4v) is 4.45. The second-order valence-corrected chi connectivity index (χ2v) is 9.40. The van der Waals surface area contributed by atoms with E-state index < -0.39 is 0 Å².